The molecule has 5 aromatic heterocycles. The summed E-state index contributed by atoms with van der Waals surface area (Å²) >= 11 is 1.37. The SMILES string of the molecule is CCCCC(=O)OCO/C(=C(/C#N)c1ccc(C(C)(C)C)cc1)c1cc(C)nn1C.COCC(=O)OCO/C(=C(/C#N)c1ccc(C(C)(C)C)cc1)c1cc(C)nn1C.CSCC(=O)OCO/C(=C(/C#N)c1ccc(C(C)(C)C)cc1)c1cc(C)nn1C.Cc1cc(/C(OCOC(=O)C2CC2)=C(\C#N)c2ccc(C(C)(C)C)cc2)n(C)n1.Cc1cc(/C(OCOC(=O)CC(C)C)=C(\C#N)c2ccc(C(C)(C)C)cc2)n(C)n1. The number of rotatable bonds is 35. The third-order valence-electron chi connectivity index (χ3n) is 22.9. The molecule has 0 radical (unpaired) electrons. The molecule has 0 spiro atoms. The van der Waals surface area contributed by atoms with Gasteiger partial charge in [-0.15, -0.1) is 0 Å². The lowest BCUT2D eigenvalue weighted by Gasteiger charge is -2.19. The summed E-state index contributed by atoms with van der Waals surface area (Å²) in [5.41, 5.74) is 18.5. The van der Waals surface area contributed by atoms with Gasteiger partial charge in [-0.25, -0.2) is 4.79 Å². The Morgan fingerprint density at radius 3 is 0.769 bits per heavy atom. The number of methoxy groups -OCH3 is 1. The predicted octanol–water partition coefficient (Wildman–Crippen LogP) is 22.3. The van der Waals surface area contributed by atoms with E-state index in [0.29, 0.717) is 104 Å². The van der Waals surface area contributed by atoms with E-state index in [-0.39, 0.29) is 109 Å². The van der Waals surface area contributed by atoms with E-state index >= 15 is 0 Å². The van der Waals surface area contributed by atoms with Gasteiger partial charge < -0.3 is 52.1 Å². The standard InChI is InChI=1S/2C24H31N3O3.C23H27N3O3.C22H27N3O4.C22H27N3O3S/c1-16(2)12-22(28)29-15-30-23(21-13-17(3)26-27(21)7)20(14-25)18-8-10-19(11-9-18)24(4,5)6;1-7-8-9-22(28)29-16-30-23(21-14-17(2)26-27(21)6)20(15-25)18-10-12-19(13-11-18)24(3,4)5;1-15-12-20(26(5)25-15)21(28-14-29-22(27)17-6-7-17)19(13-24)16-8-10-18(11-9-16)23(2,3)4;1-15-11-19(25(5)24-15)21(29-14-28-20(26)13-27-6)18(12-23)16-7-9-17(10-8-16)22(2,3)4;1-15-11-19(25(5)24-15)21(28-14-27-20(26)13-29-6)18(12-23)16-7-9-17(10-8-16)22(2,3)4/h8-11,13,16H,12,15H2,1-7H3;10-14H,7-9,16H2,1-6H3;8-12,17H,6-7,14H2,1-5H3;2*7-11H,13-14H2,1-6H3/b2*23-20-;21-19-;2*21-18-. The minimum Gasteiger partial charge on any atom is -0.454 e. The number of aromatic nitrogens is 10. The maximum atomic E-state index is 11.9. The maximum absolute atomic E-state index is 11.9. The molecule has 780 valence electrons. The lowest BCUT2D eigenvalue weighted by molar-refractivity contribution is -0.156. The molecule has 0 atom stereocenters. The van der Waals surface area contributed by atoms with Gasteiger partial charge in [0.2, 0.25) is 34.0 Å². The Morgan fingerprint density at radius 1 is 0.354 bits per heavy atom. The highest BCUT2D eigenvalue weighted by Gasteiger charge is 2.33. The van der Waals surface area contributed by atoms with Crippen LogP contribution in [0, 0.1) is 103 Å². The second-order valence-electron chi connectivity index (χ2n) is 40.9. The highest BCUT2D eigenvalue weighted by Crippen LogP contribution is 2.39. The number of aryl methyl sites for hydroxylation is 10. The molecule has 0 unspecified atom stereocenters. The van der Waals surface area contributed by atoms with Crippen LogP contribution in [0.15, 0.2) is 152 Å². The molecule has 0 aliphatic heterocycles. The number of carbonyl (C=O) groups excluding carboxylic acids is 5. The highest BCUT2D eigenvalue weighted by molar-refractivity contribution is 7.99. The van der Waals surface area contributed by atoms with Crippen molar-refractivity contribution in [2.75, 3.05) is 59.7 Å². The Kier molecular flexibility index (Phi) is 44.3. The molecule has 1 fully saturated rings. The molecular weight excluding hydrogens is 1880 g/mol. The number of nitriles is 5. The summed E-state index contributed by atoms with van der Waals surface area (Å²) in [5, 5.41) is 71.3. The monoisotopic (exact) mass is 2020 g/mol. The molecule has 0 N–H and O–H groups in total. The normalized spacial score (nSPS) is 12.7. The summed E-state index contributed by atoms with van der Waals surface area (Å²) in [6.07, 6.45) is 5.90. The van der Waals surface area contributed by atoms with Crippen LogP contribution in [0.25, 0.3) is 56.7 Å². The number of esters is 5. The van der Waals surface area contributed by atoms with Gasteiger partial charge in [0.05, 0.1) is 40.1 Å². The molecule has 0 amide bonds. The first-order chi connectivity index (χ1) is 69.2. The van der Waals surface area contributed by atoms with E-state index in [1.54, 1.807) is 58.6 Å². The van der Waals surface area contributed by atoms with Crippen molar-refractivity contribution in [3.63, 3.8) is 0 Å². The van der Waals surface area contributed by atoms with Crippen LogP contribution in [0.3, 0.4) is 0 Å². The van der Waals surface area contributed by atoms with Gasteiger partial charge in [-0.05, 0) is 179 Å². The quantitative estimate of drug-likeness (QED) is 0.0117. The molecule has 32 heteroatoms. The van der Waals surface area contributed by atoms with Crippen molar-refractivity contribution in [3.05, 3.63) is 264 Å². The van der Waals surface area contributed by atoms with E-state index < -0.39 is 5.97 Å². The summed E-state index contributed by atoms with van der Waals surface area (Å²) < 4.78 is 67.8. The third-order valence-corrected chi connectivity index (χ3v) is 23.4. The first-order valence-electron chi connectivity index (χ1n) is 48.5. The summed E-state index contributed by atoms with van der Waals surface area (Å²) in [7, 11) is 10.3. The second-order valence-corrected chi connectivity index (χ2v) is 41.7. The number of unbranched alkanes of at least 4 members (excludes halogenated alkanes) is 1. The smallest absolute Gasteiger partial charge is 0.334 e. The molecule has 147 heavy (non-hydrogen) atoms. The Labute approximate surface area is 870 Å². The third kappa shape index (κ3) is 36.0. The lowest BCUT2D eigenvalue weighted by Crippen LogP contribution is -2.14. The van der Waals surface area contributed by atoms with Gasteiger partial charge in [0.25, 0.3) is 0 Å². The fourth-order valence-corrected chi connectivity index (χ4v) is 15.0. The molecule has 0 bridgehead atoms. The molecule has 31 nitrogen and oxygen atoms in total. The zero-order valence-corrected chi connectivity index (χ0v) is 91.7. The zero-order valence-electron chi connectivity index (χ0n) is 90.9. The van der Waals surface area contributed by atoms with E-state index in [2.05, 4.69) is 160 Å². The van der Waals surface area contributed by atoms with Crippen LogP contribution in [0.5, 0.6) is 0 Å². The van der Waals surface area contributed by atoms with E-state index in [1.165, 1.54) is 41.1 Å². The minimum absolute atomic E-state index is 0.00306. The summed E-state index contributed by atoms with van der Waals surface area (Å²) in [6, 6.07) is 59.6. The Hall–Kier alpha value is -15.0. The first kappa shape index (κ1) is 119. The van der Waals surface area contributed by atoms with Gasteiger partial charge in [-0.3, -0.25) is 42.6 Å². The fourth-order valence-electron chi connectivity index (χ4n) is 14.7. The largest absolute Gasteiger partial charge is 0.454 e. The number of benzene rings is 5. The number of ether oxygens (including phenoxy) is 11. The average Bonchev–Trinajstić information content (AvgIpc) is 1.74. The van der Waals surface area contributed by atoms with E-state index in [0.717, 1.165) is 82.0 Å². The molecule has 1 aliphatic rings. The van der Waals surface area contributed by atoms with Crippen molar-refractivity contribution in [2.24, 2.45) is 47.1 Å². The molecular formula is C115H143N15O16S. The van der Waals surface area contributed by atoms with Crippen molar-refractivity contribution >= 4 is 98.3 Å². The van der Waals surface area contributed by atoms with E-state index in [1.807, 2.05) is 213 Å². The molecule has 5 aromatic carbocycles. The number of thioether (sulfide) groups is 1. The van der Waals surface area contributed by atoms with Crippen molar-refractivity contribution in [3.8, 4) is 30.3 Å². The van der Waals surface area contributed by atoms with Crippen molar-refractivity contribution in [1.82, 2.24) is 48.9 Å². The number of hydrogen-bond acceptors (Lipinski definition) is 27. The summed E-state index contributed by atoms with van der Waals surface area (Å²) in [4.78, 5) is 58.7. The van der Waals surface area contributed by atoms with Crippen molar-refractivity contribution in [2.45, 2.75) is 225 Å². The zero-order chi connectivity index (χ0) is 109. The van der Waals surface area contributed by atoms with Crippen LogP contribution in [0.1, 0.15) is 276 Å². The van der Waals surface area contributed by atoms with Gasteiger partial charge in [0.15, 0.2) is 28.8 Å². The summed E-state index contributed by atoms with van der Waals surface area (Å²) in [6.45, 7) is 45.8. The number of carbonyl (C=O) groups is 5. The fraction of sp³-hybridized carbons (Fsp3) is 0.435. The van der Waals surface area contributed by atoms with Crippen LogP contribution < -0.4 is 0 Å². The van der Waals surface area contributed by atoms with Crippen LogP contribution in [-0.2, 0) is 138 Å². The predicted molar refractivity (Wildman–Crippen MR) is 570 cm³/mol. The molecule has 11 rings (SSSR count). The average molecular weight is 2020 g/mol. The summed E-state index contributed by atoms with van der Waals surface area (Å²) in [5.74, 6) is 0.257. The van der Waals surface area contributed by atoms with Gasteiger partial charge in [-0.2, -0.15) is 63.6 Å². The molecule has 0 saturated heterocycles. The van der Waals surface area contributed by atoms with Gasteiger partial charge in [0, 0.05) is 55.2 Å². The Balaban J connectivity index is 0.000000249. The van der Waals surface area contributed by atoms with Crippen molar-refractivity contribution < 1.29 is 76.1 Å². The van der Waals surface area contributed by atoms with E-state index in [9.17, 15) is 50.3 Å². The van der Waals surface area contributed by atoms with Gasteiger partial charge in [0.1, 0.15) is 93.3 Å². The molecule has 10 aromatic rings. The molecule has 1 saturated carbocycles. The lowest BCUT2D eigenvalue weighted by atomic mass is 9.86. The maximum Gasteiger partial charge on any atom is 0.334 e. The number of nitrogens with zero attached hydrogens (tertiary/aromatic N) is 15. The van der Waals surface area contributed by atoms with Crippen LogP contribution in [0.4, 0.5) is 0 Å². The molecule has 1 aliphatic carbocycles. The van der Waals surface area contributed by atoms with Crippen LogP contribution in [-0.4, -0.2) is 138 Å². The molecule has 5 heterocycles. The van der Waals surface area contributed by atoms with Crippen molar-refractivity contribution in [1.29, 1.82) is 26.3 Å². The van der Waals surface area contributed by atoms with Crippen LogP contribution >= 0.6 is 11.8 Å². The second kappa shape index (κ2) is 54.8. The van der Waals surface area contributed by atoms with Gasteiger partial charge >= 0.3 is 29.8 Å². The number of hydrogen-bond donors (Lipinski definition) is 0. The first-order valence-corrected chi connectivity index (χ1v) is 49.9. The van der Waals surface area contributed by atoms with Gasteiger partial charge in [-0.1, -0.05) is 252 Å². The number of allylic oxidation sites excluding steroid dienone is 5. The van der Waals surface area contributed by atoms with E-state index in [4.69, 9.17) is 52.1 Å². The topological polar surface area (TPSA) is 395 Å². The Morgan fingerprint density at radius 2 is 0.578 bits per heavy atom. The highest BCUT2D eigenvalue weighted by atomic mass is 32.2. The van der Waals surface area contributed by atoms with Crippen LogP contribution in [0.2, 0.25) is 0 Å². The Bertz CT molecular complexity index is 6410. The minimum atomic E-state index is -0.555.